The molecule has 100 valence electrons. The fourth-order valence-electron chi connectivity index (χ4n) is 1.58. The largest absolute Gasteiger partial charge is 0.465 e. The summed E-state index contributed by atoms with van der Waals surface area (Å²) in [5.41, 5.74) is 6.36. The summed E-state index contributed by atoms with van der Waals surface area (Å²) in [6.45, 7) is 1.94. The first-order chi connectivity index (χ1) is 9.11. The maximum absolute atomic E-state index is 11.7. The fourth-order valence-corrected chi connectivity index (χ4v) is 2.22. The third kappa shape index (κ3) is 3.00. The van der Waals surface area contributed by atoms with Crippen LogP contribution < -0.4 is 11.1 Å². The van der Waals surface area contributed by atoms with Gasteiger partial charge in [-0.1, -0.05) is 0 Å². The summed E-state index contributed by atoms with van der Waals surface area (Å²) >= 11 is 1.53. The van der Waals surface area contributed by atoms with Crippen molar-refractivity contribution in [1.29, 1.82) is 0 Å². The highest BCUT2D eigenvalue weighted by Gasteiger charge is 2.17. The fraction of sp³-hybridized carbons (Fsp3) is 0.250. The van der Waals surface area contributed by atoms with Gasteiger partial charge in [0.15, 0.2) is 0 Å². The Morgan fingerprint density at radius 3 is 2.95 bits per heavy atom. The van der Waals surface area contributed by atoms with Gasteiger partial charge in [-0.15, -0.1) is 11.3 Å². The van der Waals surface area contributed by atoms with Crippen molar-refractivity contribution in [2.75, 3.05) is 18.2 Å². The number of methoxy groups -OCH3 is 1. The second-order valence-electron chi connectivity index (χ2n) is 3.89. The van der Waals surface area contributed by atoms with E-state index in [1.165, 1.54) is 30.7 Å². The Hall–Kier alpha value is -2.15. The van der Waals surface area contributed by atoms with E-state index in [4.69, 9.17) is 10.5 Å². The molecule has 0 fully saturated rings. The normalized spacial score (nSPS) is 11.9. The van der Waals surface area contributed by atoms with Crippen LogP contribution in [0.15, 0.2) is 23.8 Å². The molecule has 2 heterocycles. The van der Waals surface area contributed by atoms with E-state index < -0.39 is 5.97 Å². The second-order valence-corrected chi connectivity index (χ2v) is 4.82. The number of carbonyl (C=O) groups is 1. The van der Waals surface area contributed by atoms with E-state index in [1.807, 2.05) is 12.3 Å². The van der Waals surface area contributed by atoms with Crippen molar-refractivity contribution < 1.29 is 9.53 Å². The molecule has 19 heavy (non-hydrogen) atoms. The molecule has 6 nitrogen and oxygen atoms in total. The maximum Gasteiger partial charge on any atom is 0.341 e. The van der Waals surface area contributed by atoms with Gasteiger partial charge in [0.1, 0.15) is 16.4 Å². The second kappa shape index (κ2) is 5.66. The third-order valence-corrected chi connectivity index (χ3v) is 3.45. The van der Waals surface area contributed by atoms with Crippen LogP contribution in [0.5, 0.6) is 0 Å². The summed E-state index contributed by atoms with van der Waals surface area (Å²) < 4.78 is 4.72. The molecule has 0 amide bonds. The highest BCUT2D eigenvalue weighted by atomic mass is 32.1. The Balaban J connectivity index is 2.27. The molecule has 3 N–H and O–H groups in total. The lowest BCUT2D eigenvalue weighted by Gasteiger charge is -2.14. The summed E-state index contributed by atoms with van der Waals surface area (Å²) in [5.74, 6) is -0.0441. The molecule has 0 aromatic carbocycles. The minimum absolute atomic E-state index is 0.0560. The average Bonchev–Trinajstić information content (AvgIpc) is 2.94. The van der Waals surface area contributed by atoms with Crippen LogP contribution in [0.25, 0.3) is 0 Å². The number of esters is 1. The van der Waals surface area contributed by atoms with Crippen LogP contribution >= 0.6 is 11.3 Å². The Kier molecular flexibility index (Phi) is 3.96. The highest BCUT2D eigenvalue weighted by molar-refractivity contribution is 7.09. The number of rotatable bonds is 4. The highest BCUT2D eigenvalue weighted by Crippen LogP contribution is 2.23. The van der Waals surface area contributed by atoms with Crippen LogP contribution in [0.4, 0.5) is 11.5 Å². The quantitative estimate of drug-likeness (QED) is 0.832. The summed E-state index contributed by atoms with van der Waals surface area (Å²) in [6, 6.07) is 1.48. The van der Waals surface area contributed by atoms with Crippen molar-refractivity contribution in [2.24, 2.45) is 0 Å². The average molecular weight is 278 g/mol. The van der Waals surface area contributed by atoms with Crippen molar-refractivity contribution >= 4 is 28.8 Å². The molecular formula is C12H14N4O2S. The van der Waals surface area contributed by atoms with E-state index in [9.17, 15) is 4.79 Å². The lowest BCUT2D eigenvalue weighted by atomic mass is 10.2. The zero-order chi connectivity index (χ0) is 13.8. The first-order valence-corrected chi connectivity index (χ1v) is 6.49. The minimum Gasteiger partial charge on any atom is -0.465 e. The first kappa shape index (κ1) is 13.3. The van der Waals surface area contributed by atoms with Crippen LogP contribution in [-0.2, 0) is 4.74 Å². The number of nitrogens with one attached hydrogen (secondary N) is 1. The van der Waals surface area contributed by atoms with Gasteiger partial charge in [-0.25, -0.2) is 14.8 Å². The molecule has 1 atom stereocenters. The molecule has 0 spiro atoms. The number of nitrogens with zero attached hydrogens (tertiary/aromatic N) is 2. The first-order valence-electron chi connectivity index (χ1n) is 5.61. The number of hydrogen-bond acceptors (Lipinski definition) is 7. The molecule has 0 aliphatic rings. The Morgan fingerprint density at radius 1 is 1.53 bits per heavy atom. The number of ether oxygens (including phenoxy) is 1. The number of anilines is 2. The summed E-state index contributed by atoms with van der Waals surface area (Å²) in [4.78, 5) is 20.0. The molecule has 0 bridgehead atoms. The third-order valence-electron chi connectivity index (χ3n) is 2.49. The van der Waals surface area contributed by atoms with E-state index in [2.05, 4.69) is 15.3 Å². The number of thiazole rings is 1. The molecule has 0 saturated carbocycles. The molecule has 2 aromatic heterocycles. The number of pyridine rings is 1. The smallest absolute Gasteiger partial charge is 0.341 e. The monoisotopic (exact) mass is 278 g/mol. The predicted octanol–water partition coefficient (Wildman–Crippen LogP) is 2.08. The number of nitrogen functional groups attached to an aromatic ring is 1. The Labute approximate surface area is 114 Å². The number of nitrogens with two attached hydrogens (primary N) is 1. The van der Waals surface area contributed by atoms with E-state index in [-0.39, 0.29) is 6.04 Å². The number of aromatic nitrogens is 2. The van der Waals surface area contributed by atoms with Crippen LogP contribution in [-0.4, -0.2) is 23.0 Å². The summed E-state index contributed by atoms with van der Waals surface area (Å²) in [7, 11) is 1.32. The lowest BCUT2D eigenvalue weighted by molar-refractivity contribution is 0.0601. The molecule has 1 unspecified atom stereocenters. The molecule has 2 aromatic rings. The molecule has 2 rings (SSSR count). The Morgan fingerprint density at radius 2 is 2.32 bits per heavy atom. The van der Waals surface area contributed by atoms with Gasteiger partial charge in [0.25, 0.3) is 0 Å². The molecule has 7 heteroatoms. The zero-order valence-electron chi connectivity index (χ0n) is 10.6. The van der Waals surface area contributed by atoms with E-state index in [0.29, 0.717) is 17.1 Å². The summed E-state index contributed by atoms with van der Waals surface area (Å²) in [6.07, 6.45) is 3.22. The van der Waals surface area contributed by atoms with Crippen LogP contribution in [0.1, 0.15) is 28.3 Å². The van der Waals surface area contributed by atoms with Crippen molar-refractivity contribution in [1.82, 2.24) is 9.97 Å². The lowest BCUT2D eigenvalue weighted by Crippen LogP contribution is -2.13. The molecular weight excluding hydrogens is 264 g/mol. The topological polar surface area (TPSA) is 90.1 Å². The van der Waals surface area contributed by atoms with E-state index in [0.717, 1.165) is 5.01 Å². The van der Waals surface area contributed by atoms with Gasteiger partial charge in [-0.05, 0) is 13.0 Å². The van der Waals surface area contributed by atoms with Crippen molar-refractivity contribution in [2.45, 2.75) is 13.0 Å². The standard InChI is InChI=1S/C12H14N4O2S/c1-7(11-14-3-4-19-11)16-10-9(12(17)18-2)5-8(13)6-15-10/h3-7H,13H2,1-2H3,(H,15,16). The van der Waals surface area contributed by atoms with Crippen molar-refractivity contribution in [3.8, 4) is 0 Å². The zero-order valence-corrected chi connectivity index (χ0v) is 11.4. The van der Waals surface area contributed by atoms with Gasteiger partial charge in [-0.2, -0.15) is 0 Å². The SMILES string of the molecule is COC(=O)c1cc(N)cnc1NC(C)c1nccs1. The van der Waals surface area contributed by atoms with Gasteiger partial charge in [-0.3, -0.25) is 0 Å². The number of hydrogen-bond donors (Lipinski definition) is 2. The van der Waals surface area contributed by atoms with Gasteiger partial charge in [0.05, 0.1) is 25.0 Å². The van der Waals surface area contributed by atoms with Crippen molar-refractivity contribution in [3.63, 3.8) is 0 Å². The maximum atomic E-state index is 11.7. The van der Waals surface area contributed by atoms with Crippen LogP contribution in [0.2, 0.25) is 0 Å². The van der Waals surface area contributed by atoms with Crippen LogP contribution in [0, 0.1) is 0 Å². The predicted molar refractivity (Wildman–Crippen MR) is 74.1 cm³/mol. The molecule has 0 aliphatic heterocycles. The van der Waals surface area contributed by atoms with E-state index in [1.54, 1.807) is 6.20 Å². The summed E-state index contributed by atoms with van der Waals surface area (Å²) in [5, 5.41) is 5.94. The minimum atomic E-state index is -0.478. The number of carbonyl (C=O) groups excluding carboxylic acids is 1. The van der Waals surface area contributed by atoms with Crippen molar-refractivity contribution in [3.05, 3.63) is 34.4 Å². The van der Waals surface area contributed by atoms with Gasteiger partial charge < -0.3 is 15.8 Å². The van der Waals surface area contributed by atoms with E-state index >= 15 is 0 Å². The van der Waals surface area contributed by atoms with Gasteiger partial charge in [0.2, 0.25) is 0 Å². The molecule has 0 aliphatic carbocycles. The van der Waals surface area contributed by atoms with Crippen LogP contribution in [0.3, 0.4) is 0 Å². The Bertz CT molecular complexity index is 571. The van der Waals surface area contributed by atoms with Gasteiger partial charge >= 0.3 is 5.97 Å². The van der Waals surface area contributed by atoms with Gasteiger partial charge in [0, 0.05) is 11.6 Å². The molecule has 0 radical (unpaired) electrons. The molecule has 0 saturated heterocycles.